The molecule has 0 saturated heterocycles. The maximum atomic E-state index is 11.9. The van der Waals surface area contributed by atoms with E-state index in [4.69, 9.17) is 15.2 Å². The van der Waals surface area contributed by atoms with E-state index >= 15 is 0 Å². The molecule has 2 aromatic rings. The van der Waals surface area contributed by atoms with Crippen LogP contribution in [0.2, 0.25) is 0 Å². The first-order chi connectivity index (χ1) is 10.6. The first-order valence-corrected chi connectivity index (χ1v) is 7.68. The summed E-state index contributed by atoms with van der Waals surface area (Å²) in [6.07, 6.45) is 1.03. The zero-order valence-electron chi connectivity index (χ0n) is 12.6. The summed E-state index contributed by atoms with van der Waals surface area (Å²) in [5, 5.41) is 5.17. The molecule has 0 saturated carbocycles. The topological polar surface area (TPSA) is 86.5 Å². The number of methoxy groups -OCH3 is 2. The number of ether oxygens (including phenoxy) is 2. The fourth-order valence-electron chi connectivity index (χ4n) is 1.98. The van der Waals surface area contributed by atoms with Crippen LogP contribution in [0.25, 0.3) is 0 Å². The second kappa shape index (κ2) is 7.65. The predicted molar refractivity (Wildman–Crippen MR) is 86.2 cm³/mol. The Morgan fingerprint density at radius 1 is 1.32 bits per heavy atom. The third kappa shape index (κ3) is 4.36. The van der Waals surface area contributed by atoms with Crippen LogP contribution in [-0.4, -0.2) is 25.1 Å². The molecule has 0 aliphatic carbocycles. The molecular formula is C15H19N3O3S. The maximum Gasteiger partial charge on any atom is 0.220 e. The number of amides is 1. The lowest BCUT2D eigenvalue weighted by atomic mass is 10.1. The molecular weight excluding hydrogens is 302 g/mol. The van der Waals surface area contributed by atoms with Crippen LogP contribution in [-0.2, 0) is 17.8 Å². The highest BCUT2D eigenvalue weighted by atomic mass is 32.1. The number of thiazole rings is 1. The van der Waals surface area contributed by atoms with Crippen LogP contribution in [0.15, 0.2) is 23.6 Å². The van der Waals surface area contributed by atoms with E-state index in [-0.39, 0.29) is 5.91 Å². The molecule has 1 heterocycles. The van der Waals surface area contributed by atoms with Crippen LogP contribution in [0.5, 0.6) is 11.5 Å². The molecule has 0 atom stereocenters. The molecule has 3 N–H and O–H groups in total. The Balaban J connectivity index is 1.83. The van der Waals surface area contributed by atoms with Crippen molar-refractivity contribution in [3.8, 4) is 11.5 Å². The van der Waals surface area contributed by atoms with Gasteiger partial charge in [-0.25, -0.2) is 4.98 Å². The van der Waals surface area contributed by atoms with Crippen LogP contribution < -0.4 is 20.5 Å². The Labute approximate surface area is 133 Å². The monoisotopic (exact) mass is 321 g/mol. The van der Waals surface area contributed by atoms with Crippen molar-refractivity contribution in [3.63, 3.8) is 0 Å². The van der Waals surface area contributed by atoms with Crippen molar-refractivity contribution in [1.82, 2.24) is 10.3 Å². The number of aromatic nitrogens is 1. The van der Waals surface area contributed by atoms with E-state index in [1.807, 2.05) is 23.6 Å². The van der Waals surface area contributed by atoms with Gasteiger partial charge < -0.3 is 20.5 Å². The Hall–Kier alpha value is -2.28. The number of rotatable bonds is 7. The van der Waals surface area contributed by atoms with Crippen molar-refractivity contribution in [1.29, 1.82) is 0 Å². The molecule has 0 aliphatic heterocycles. The van der Waals surface area contributed by atoms with Gasteiger partial charge in [0, 0.05) is 11.8 Å². The van der Waals surface area contributed by atoms with E-state index < -0.39 is 0 Å². The number of hydrogen-bond donors (Lipinski definition) is 2. The number of anilines is 1. The number of benzene rings is 1. The first-order valence-electron chi connectivity index (χ1n) is 6.80. The van der Waals surface area contributed by atoms with Crippen molar-refractivity contribution in [2.24, 2.45) is 0 Å². The quantitative estimate of drug-likeness (QED) is 0.814. The molecule has 0 fully saturated rings. The number of nitrogens with two attached hydrogens (primary N) is 1. The van der Waals surface area contributed by atoms with Crippen molar-refractivity contribution in [3.05, 3.63) is 34.8 Å². The minimum atomic E-state index is -0.0265. The summed E-state index contributed by atoms with van der Waals surface area (Å²) in [7, 11) is 3.18. The molecule has 0 aliphatic rings. The number of nitrogen functional groups attached to an aromatic ring is 1. The van der Waals surface area contributed by atoms with Crippen LogP contribution in [0, 0.1) is 0 Å². The van der Waals surface area contributed by atoms with Gasteiger partial charge in [-0.2, -0.15) is 0 Å². The molecule has 0 radical (unpaired) electrons. The molecule has 1 aromatic carbocycles. The second-order valence-electron chi connectivity index (χ2n) is 4.64. The van der Waals surface area contributed by atoms with Gasteiger partial charge in [0.1, 0.15) is 0 Å². The van der Waals surface area contributed by atoms with Crippen molar-refractivity contribution in [2.45, 2.75) is 19.4 Å². The number of nitrogens with zero attached hydrogens (tertiary/aromatic N) is 1. The molecule has 1 amide bonds. The van der Waals surface area contributed by atoms with Gasteiger partial charge in [-0.05, 0) is 24.1 Å². The highest BCUT2D eigenvalue weighted by Crippen LogP contribution is 2.27. The molecule has 7 heteroatoms. The van der Waals surface area contributed by atoms with Crippen LogP contribution in [0.3, 0.4) is 0 Å². The highest BCUT2D eigenvalue weighted by Gasteiger charge is 2.07. The maximum absolute atomic E-state index is 11.9. The Morgan fingerprint density at radius 3 is 2.73 bits per heavy atom. The smallest absolute Gasteiger partial charge is 0.220 e. The van der Waals surface area contributed by atoms with Crippen molar-refractivity contribution >= 4 is 22.4 Å². The molecule has 0 unspecified atom stereocenters. The molecule has 1 aromatic heterocycles. The largest absolute Gasteiger partial charge is 0.493 e. The zero-order chi connectivity index (χ0) is 15.9. The summed E-state index contributed by atoms with van der Waals surface area (Å²) in [6, 6.07) is 5.65. The Morgan fingerprint density at radius 2 is 2.09 bits per heavy atom. The molecule has 2 rings (SSSR count). The number of carbonyl (C=O) groups is 1. The fourth-order valence-corrected chi connectivity index (χ4v) is 2.54. The molecule has 118 valence electrons. The summed E-state index contributed by atoms with van der Waals surface area (Å²) < 4.78 is 10.4. The minimum absolute atomic E-state index is 0.0265. The van der Waals surface area contributed by atoms with E-state index in [2.05, 4.69) is 10.3 Å². The van der Waals surface area contributed by atoms with Gasteiger partial charge in [-0.3, -0.25) is 4.79 Å². The van der Waals surface area contributed by atoms with E-state index in [9.17, 15) is 4.79 Å². The normalized spacial score (nSPS) is 10.3. The van der Waals surface area contributed by atoms with Gasteiger partial charge in [0.15, 0.2) is 16.6 Å². The predicted octanol–water partition coefficient (Wildman–Crippen LogP) is 1.99. The van der Waals surface area contributed by atoms with Gasteiger partial charge in [0.05, 0.1) is 26.5 Å². The minimum Gasteiger partial charge on any atom is -0.493 e. The Bertz CT molecular complexity index is 643. The van der Waals surface area contributed by atoms with Crippen LogP contribution in [0.1, 0.15) is 17.7 Å². The third-order valence-corrected chi connectivity index (χ3v) is 3.85. The summed E-state index contributed by atoms with van der Waals surface area (Å²) in [5.74, 6) is 1.32. The third-order valence-electron chi connectivity index (χ3n) is 3.12. The van der Waals surface area contributed by atoms with Gasteiger partial charge in [0.25, 0.3) is 0 Å². The zero-order valence-corrected chi connectivity index (χ0v) is 13.4. The lowest BCUT2D eigenvalue weighted by molar-refractivity contribution is -0.121. The summed E-state index contributed by atoms with van der Waals surface area (Å²) >= 11 is 1.36. The van der Waals surface area contributed by atoms with Crippen LogP contribution in [0.4, 0.5) is 5.13 Å². The van der Waals surface area contributed by atoms with Gasteiger partial charge in [-0.15, -0.1) is 11.3 Å². The van der Waals surface area contributed by atoms with Crippen molar-refractivity contribution in [2.75, 3.05) is 20.0 Å². The molecule has 0 bridgehead atoms. The molecule has 6 nitrogen and oxygen atoms in total. The molecule has 0 spiro atoms. The number of nitrogens with one attached hydrogen (secondary N) is 1. The van der Waals surface area contributed by atoms with Gasteiger partial charge in [-0.1, -0.05) is 6.07 Å². The number of carbonyl (C=O) groups excluding carboxylic acids is 1. The fraction of sp³-hybridized carbons (Fsp3) is 0.333. The second-order valence-corrected chi connectivity index (χ2v) is 5.53. The lowest BCUT2D eigenvalue weighted by Crippen LogP contribution is -2.23. The van der Waals surface area contributed by atoms with E-state index in [0.29, 0.717) is 36.0 Å². The average Bonchev–Trinajstić information content (AvgIpc) is 2.96. The Kier molecular flexibility index (Phi) is 5.60. The van der Waals surface area contributed by atoms with Gasteiger partial charge >= 0.3 is 0 Å². The molecule has 22 heavy (non-hydrogen) atoms. The highest BCUT2D eigenvalue weighted by molar-refractivity contribution is 7.13. The van der Waals surface area contributed by atoms with E-state index in [1.54, 1.807) is 14.2 Å². The summed E-state index contributed by atoms with van der Waals surface area (Å²) in [6.45, 7) is 0.401. The SMILES string of the molecule is COc1ccc(CCC(=O)NCc2csc(N)n2)cc1OC. The average molecular weight is 321 g/mol. The lowest BCUT2D eigenvalue weighted by Gasteiger charge is -2.09. The summed E-state index contributed by atoms with van der Waals surface area (Å²) in [4.78, 5) is 15.9. The summed E-state index contributed by atoms with van der Waals surface area (Å²) in [5.41, 5.74) is 7.34. The van der Waals surface area contributed by atoms with Gasteiger partial charge in [0.2, 0.25) is 5.91 Å². The van der Waals surface area contributed by atoms with Crippen molar-refractivity contribution < 1.29 is 14.3 Å². The van der Waals surface area contributed by atoms with Crippen LogP contribution >= 0.6 is 11.3 Å². The standard InChI is InChI=1S/C15H19N3O3S/c1-20-12-5-3-10(7-13(12)21-2)4-6-14(19)17-8-11-9-22-15(16)18-11/h3,5,7,9H,4,6,8H2,1-2H3,(H2,16,18)(H,17,19). The number of hydrogen-bond acceptors (Lipinski definition) is 6. The first kappa shape index (κ1) is 16.1. The van der Waals surface area contributed by atoms with E-state index in [1.165, 1.54) is 11.3 Å². The number of aryl methyl sites for hydroxylation is 1. The van der Waals surface area contributed by atoms with E-state index in [0.717, 1.165) is 11.3 Å².